The van der Waals surface area contributed by atoms with Gasteiger partial charge in [-0.1, -0.05) is 6.92 Å². The molecule has 0 aliphatic carbocycles. The van der Waals surface area contributed by atoms with Crippen LogP contribution in [0, 0.1) is 0 Å². The lowest BCUT2D eigenvalue weighted by molar-refractivity contribution is -0.121. The smallest absolute Gasteiger partial charge is 0.221 e. The first kappa shape index (κ1) is 13.2. The minimum Gasteiger partial charge on any atom is -0.355 e. The van der Waals surface area contributed by atoms with Crippen LogP contribution in [0.3, 0.4) is 0 Å². The van der Waals surface area contributed by atoms with E-state index in [1.54, 1.807) is 11.8 Å². The summed E-state index contributed by atoms with van der Waals surface area (Å²) in [5, 5.41) is 6.84. The number of hydrogen-bond donors (Lipinski definition) is 2. The molecular weight excluding hydrogens is 228 g/mol. The van der Waals surface area contributed by atoms with Crippen LogP contribution in [0.1, 0.15) is 13.3 Å². The molecule has 1 heterocycles. The number of rotatable bonds is 5. The molecule has 2 N–H and O–H groups in total. The number of amides is 1. The van der Waals surface area contributed by atoms with E-state index in [9.17, 15) is 4.79 Å². The lowest BCUT2D eigenvalue weighted by atomic mass is 10.2. The summed E-state index contributed by atoms with van der Waals surface area (Å²) in [7, 11) is 0. The Bertz CT molecular complexity index is 196. The van der Waals surface area contributed by atoms with E-state index < -0.39 is 0 Å². The maximum absolute atomic E-state index is 11.6. The summed E-state index contributed by atoms with van der Waals surface area (Å²) >= 11 is 3.71. The third-order valence-electron chi connectivity index (χ3n) is 2.42. The average Bonchev–Trinajstić information content (AvgIpc) is 2.27. The Hall–Kier alpha value is 0.130. The topological polar surface area (TPSA) is 41.1 Å². The first-order valence-corrected chi connectivity index (χ1v) is 7.77. The van der Waals surface area contributed by atoms with E-state index in [0.29, 0.717) is 17.7 Å². The highest BCUT2D eigenvalue weighted by Gasteiger charge is 2.16. The molecule has 88 valence electrons. The summed E-state index contributed by atoms with van der Waals surface area (Å²) in [6, 6.07) is 0.369. The van der Waals surface area contributed by atoms with Gasteiger partial charge in [0.05, 0.1) is 0 Å². The molecule has 0 aromatic carbocycles. The predicted molar refractivity (Wildman–Crippen MR) is 69.7 cm³/mol. The van der Waals surface area contributed by atoms with Gasteiger partial charge >= 0.3 is 0 Å². The van der Waals surface area contributed by atoms with Crippen LogP contribution in [0.4, 0.5) is 0 Å². The van der Waals surface area contributed by atoms with Crippen LogP contribution >= 0.6 is 23.5 Å². The van der Waals surface area contributed by atoms with Crippen LogP contribution in [0.25, 0.3) is 0 Å². The van der Waals surface area contributed by atoms with Crippen molar-refractivity contribution in [2.45, 2.75) is 24.6 Å². The number of nitrogens with one attached hydrogen (secondary N) is 2. The van der Waals surface area contributed by atoms with Crippen LogP contribution in [-0.4, -0.2) is 48.0 Å². The van der Waals surface area contributed by atoms with Crippen molar-refractivity contribution in [1.29, 1.82) is 0 Å². The van der Waals surface area contributed by atoms with Crippen LogP contribution in [0.2, 0.25) is 0 Å². The number of carbonyl (C=O) groups is 1. The quantitative estimate of drug-likeness (QED) is 0.760. The molecule has 0 bridgehead atoms. The molecule has 0 saturated carbocycles. The molecule has 0 spiro atoms. The standard InChI is InChI=1S/C10H20N2OS2/c1-8(14-2)6-12-10(13)5-9-7-15-4-3-11-9/h8-9,11H,3-7H2,1-2H3,(H,12,13)/t8-,9+/m0/s1. The van der Waals surface area contributed by atoms with Crippen LogP contribution in [0.15, 0.2) is 0 Å². The van der Waals surface area contributed by atoms with Crippen molar-refractivity contribution in [2.24, 2.45) is 0 Å². The van der Waals surface area contributed by atoms with Crippen molar-refractivity contribution < 1.29 is 4.79 Å². The molecule has 1 amide bonds. The number of thioether (sulfide) groups is 2. The minimum atomic E-state index is 0.177. The number of hydrogen-bond acceptors (Lipinski definition) is 4. The Morgan fingerprint density at radius 2 is 2.53 bits per heavy atom. The molecular formula is C10H20N2OS2. The summed E-state index contributed by atoms with van der Waals surface area (Å²) in [6.07, 6.45) is 2.68. The van der Waals surface area contributed by atoms with Gasteiger partial charge in [0.2, 0.25) is 5.91 Å². The van der Waals surface area contributed by atoms with Crippen molar-refractivity contribution >= 4 is 29.4 Å². The molecule has 0 aromatic heterocycles. The molecule has 1 aliphatic heterocycles. The Morgan fingerprint density at radius 3 is 3.13 bits per heavy atom. The summed E-state index contributed by atoms with van der Waals surface area (Å²) in [5.41, 5.74) is 0. The van der Waals surface area contributed by atoms with Crippen molar-refractivity contribution in [3.05, 3.63) is 0 Å². The van der Waals surface area contributed by atoms with Gasteiger partial charge in [-0.3, -0.25) is 4.79 Å². The monoisotopic (exact) mass is 248 g/mol. The molecule has 3 nitrogen and oxygen atoms in total. The van der Waals surface area contributed by atoms with Crippen molar-refractivity contribution in [3.8, 4) is 0 Å². The molecule has 1 saturated heterocycles. The molecule has 5 heteroatoms. The van der Waals surface area contributed by atoms with E-state index in [0.717, 1.165) is 18.8 Å². The normalized spacial score (nSPS) is 23.5. The summed E-state index contributed by atoms with van der Waals surface area (Å²) in [5.74, 6) is 2.41. The molecule has 2 atom stereocenters. The second-order valence-electron chi connectivity index (χ2n) is 3.78. The van der Waals surface area contributed by atoms with Gasteiger partial charge in [-0.25, -0.2) is 0 Å². The maximum Gasteiger partial charge on any atom is 0.221 e. The Morgan fingerprint density at radius 1 is 1.73 bits per heavy atom. The fourth-order valence-electron chi connectivity index (χ4n) is 1.39. The van der Waals surface area contributed by atoms with Gasteiger partial charge in [0.15, 0.2) is 0 Å². The van der Waals surface area contributed by atoms with Gasteiger partial charge in [-0.05, 0) is 6.26 Å². The summed E-state index contributed by atoms with van der Waals surface area (Å²) in [6.45, 7) is 3.93. The lowest BCUT2D eigenvalue weighted by Crippen LogP contribution is -2.42. The van der Waals surface area contributed by atoms with E-state index in [4.69, 9.17) is 0 Å². The minimum absolute atomic E-state index is 0.177. The molecule has 0 unspecified atom stereocenters. The molecule has 15 heavy (non-hydrogen) atoms. The Balaban J connectivity index is 2.11. The molecule has 1 aliphatic rings. The fraction of sp³-hybridized carbons (Fsp3) is 0.900. The van der Waals surface area contributed by atoms with E-state index in [2.05, 4.69) is 23.8 Å². The van der Waals surface area contributed by atoms with E-state index in [1.165, 1.54) is 5.75 Å². The van der Waals surface area contributed by atoms with Gasteiger partial charge in [-0.15, -0.1) is 0 Å². The SMILES string of the molecule is CS[C@@H](C)CNC(=O)C[C@@H]1CSCCN1. The molecule has 0 radical (unpaired) electrons. The molecule has 1 fully saturated rings. The average molecular weight is 248 g/mol. The largest absolute Gasteiger partial charge is 0.355 e. The Kier molecular flexibility index (Phi) is 6.52. The zero-order chi connectivity index (χ0) is 11.1. The van der Waals surface area contributed by atoms with Gasteiger partial charge < -0.3 is 10.6 Å². The van der Waals surface area contributed by atoms with Crippen molar-refractivity contribution in [3.63, 3.8) is 0 Å². The van der Waals surface area contributed by atoms with Crippen LogP contribution in [0.5, 0.6) is 0 Å². The highest BCUT2D eigenvalue weighted by atomic mass is 32.2. The van der Waals surface area contributed by atoms with Crippen LogP contribution in [-0.2, 0) is 4.79 Å². The lowest BCUT2D eigenvalue weighted by Gasteiger charge is -2.22. The highest BCUT2D eigenvalue weighted by Crippen LogP contribution is 2.10. The number of carbonyl (C=O) groups excluding carboxylic acids is 1. The molecule has 0 aromatic rings. The van der Waals surface area contributed by atoms with E-state index >= 15 is 0 Å². The molecule has 1 rings (SSSR count). The maximum atomic E-state index is 11.6. The highest BCUT2D eigenvalue weighted by molar-refractivity contribution is 7.99. The summed E-state index contributed by atoms with van der Waals surface area (Å²) in [4.78, 5) is 11.6. The van der Waals surface area contributed by atoms with Crippen molar-refractivity contribution in [1.82, 2.24) is 10.6 Å². The van der Waals surface area contributed by atoms with Crippen LogP contribution < -0.4 is 10.6 Å². The van der Waals surface area contributed by atoms with Gasteiger partial charge in [0, 0.05) is 42.3 Å². The van der Waals surface area contributed by atoms with Gasteiger partial charge in [-0.2, -0.15) is 23.5 Å². The zero-order valence-electron chi connectivity index (χ0n) is 9.41. The Labute approximate surface area is 101 Å². The van der Waals surface area contributed by atoms with E-state index in [1.807, 2.05) is 11.8 Å². The zero-order valence-corrected chi connectivity index (χ0v) is 11.0. The van der Waals surface area contributed by atoms with Gasteiger partial charge in [0.1, 0.15) is 0 Å². The van der Waals surface area contributed by atoms with Crippen molar-refractivity contribution in [2.75, 3.05) is 30.9 Å². The predicted octanol–water partition coefficient (Wildman–Crippen LogP) is 0.949. The second-order valence-corrected chi connectivity index (χ2v) is 6.21. The second kappa shape index (κ2) is 7.41. The summed E-state index contributed by atoms with van der Waals surface area (Å²) < 4.78 is 0. The third-order valence-corrected chi connectivity index (χ3v) is 4.52. The van der Waals surface area contributed by atoms with E-state index in [-0.39, 0.29) is 5.91 Å². The third kappa shape index (κ3) is 5.68. The first-order valence-electron chi connectivity index (χ1n) is 5.33. The fourth-order valence-corrected chi connectivity index (χ4v) is 2.59. The van der Waals surface area contributed by atoms with Gasteiger partial charge in [0.25, 0.3) is 0 Å². The first-order chi connectivity index (χ1) is 7.22.